The van der Waals surface area contributed by atoms with E-state index in [1.165, 1.54) is 64.2 Å². The molecule has 0 aliphatic rings. The van der Waals surface area contributed by atoms with Gasteiger partial charge in [0, 0.05) is 0 Å². The monoisotopic (exact) mass is 342 g/mol. The normalized spacial score (nSPS) is 10.8. The number of carboxylic acids is 2. The summed E-state index contributed by atoms with van der Waals surface area (Å²) in [6, 6.07) is 0. The van der Waals surface area contributed by atoms with Gasteiger partial charge in [0.15, 0.2) is 0 Å². The van der Waals surface area contributed by atoms with E-state index in [4.69, 9.17) is 0 Å². The summed E-state index contributed by atoms with van der Waals surface area (Å²) in [5.41, 5.74) is 7.71. The molecule has 24 heavy (non-hydrogen) atoms. The second-order valence-corrected chi connectivity index (χ2v) is 5.60. The lowest BCUT2D eigenvalue weighted by molar-refractivity contribution is -0.368. The van der Waals surface area contributed by atoms with E-state index in [1.54, 1.807) is 0 Å². The van der Waals surface area contributed by atoms with Crippen LogP contribution in [0.2, 0.25) is 0 Å². The molecule has 0 aromatic rings. The summed E-state index contributed by atoms with van der Waals surface area (Å²) in [5, 5.41) is 19.3. The number of aliphatic carboxylic acids is 2. The van der Waals surface area contributed by atoms with E-state index in [9.17, 15) is 19.8 Å². The van der Waals surface area contributed by atoms with Crippen molar-refractivity contribution in [2.24, 2.45) is 0 Å². The van der Waals surface area contributed by atoms with Crippen molar-refractivity contribution in [1.29, 1.82) is 0 Å². The zero-order chi connectivity index (χ0) is 18.5. The van der Waals surface area contributed by atoms with Crippen molar-refractivity contribution < 1.29 is 31.3 Å². The van der Waals surface area contributed by atoms with Crippen LogP contribution in [-0.4, -0.2) is 25.0 Å². The van der Waals surface area contributed by atoms with Crippen LogP contribution in [0, 0.1) is 0 Å². The van der Waals surface area contributed by atoms with Gasteiger partial charge < -0.3 is 31.3 Å². The summed E-state index contributed by atoms with van der Waals surface area (Å²) in [5.74, 6) is -2.74. The molecule has 0 heterocycles. The van der Waals surface area contributed by atoms with E-state index in [0.29, 0.717) is 12.2 Å². The molecule has 6 heteroatoms. The Kier molecular flexibility index (Phi) is 21.9. The third-order valence-corrected chi connectivity index (χ3v) is 3.33. The Balaban J connectivity index is 0. The lowest BCUT2D eigenvalue weighted by Gasteiger charge is -2.00. The van der Waals surface area contributed by atoms with Gasteiger partial charge in [0.1, 0.15) is 0 Å². The third kappa shape index (κ3) is 28.5. The SMILES string of the molecule is O=C([O-])/C=C\C=C/C(=O)[O-].[NH3+]CCCCCCCCCCCC[NH3+]. The highest BCUT2D eigenvalue weighted by atomic mass is 16.4. The van der Waals surface area contributed by atoms with Crippen LogP contribution in [0.5, 0.6) is 0 Å². The van der Waals surface area contributed by atoms with Crippen molar-refractivity contribution in [2.45, 2.75) is 64.2 Å². The van der Waals surface area contributed by atoms with Crippen LogP contribution in [0.4, 0.5) is 0 Å². The number of carbonyl (C=O) groups excluding carboxylic acids is 2. The predicted molar refractivity (Wildman–Crippen MR) is 90.0 cm³/mol. The summed E-state index contributed by atoms with van der Waals surface area (Å²) in [7, 11) is 0. The molecule has 6 N–H and O–H groups in total. The first-order valence-corrected chi connectivity index (χ1v) is 8.89. The van der Waals surface area contributed by atoms with E-state index in [2.05, 4.69) is 11.5 Å². The summed E-state index contributed by atoms with van der Waals surface area (Å²) >= 11 is 0. The summed E-state index contributed by atoms with van der Waals surface area (Å²) in [6.45, 7) is 2.23. The molecule has 0 radical (unpaired) electrons. The molecule has 0 saturated carbocycles. The van der Waals surface area contributed by atoms with Crippen molar-refractivity contribution >= 4 is 11.9 Å². The molecule has 0 aromatic carbocycles. The van der Waals surface area contributed by atoms with Gasteiger partial charge in [-0.3, -0.25) is 0 Å². The Morgan fingerprint density at radius 1 is 0.583 bits per heavy atom. The maximum absolute atomic E-state index is 9.65. The van der Waals surface area contributed by atoms with Gasteiger partial charge in [-0.05, 0) is 37.8 Å². The number of hydrogen-bond acceptors (Lipinski definition) is 4. The Morgan fingerprint density at radius 3 is 1.04 bits per heavy atom. The molecule has 0 amide bonds. The molecule has 0 aliphatic heterocycles. The standard InChI is InChI=1S/C12H28N2.C6H6O4/c13-11-9-7-5-3-1-2-4-6-8-10-12-14;7-5(8)3-1-2-4-6(9)10/h1-14H2;1-4H,(H,7,8)(H,9,10)/b;3-1-,4-2-. The minimum absolute atomic E-state index is 0.708. The molecule has 0 aromatic heterocycles. The summed E-state index contributed by atoms with van der Waals surface area (Å²) in [6.07, 6.45) is 17.5. The van der Waals surface area contributed by atoms with Crippen LogP contribution < -0.4 is 21.7 Å². The molecule has 6 nitrogen and oxygen atoms in total. The van der Waals surface area contributed by atoms with Gasteiger partial charge >= 0.3 is 0 Å². The molecule has 0 bridgehead atoms. The highest BCUT2D eigenvalue weighted by molar-refractivity contribution is 5.80. The smallest absolute Gasteiger partial charge is 0.0739 e. The van der Waals surface area contributed by atoms with Crippen LogP contribution in [0.1, 0.15) is 64.2 Å². The Bertz CT molecular complexity index is 321. The summed E-state index contributed by atoms with van der Waals surface area (Å²) < 4.78 is 0. The number of rotatable bonds is 14. The van der Waals surface area contributed by atoms with Crippen LogP contribution in [0.3, 0.4) is 0 Å². The van der Waals surface area contributed by atoms with Gasteiger partial charge in [-0.25, -0.2) is 0 Å². The second-order valence-electron chi connectivity index (χ2n) is 5.60. The van der Waals surface area contributed by atoms with Crippen LogP contribution in [0.15, 0.2) is 24.3 Å². The largest absolute Gasteiger partial charge is 0.545 e. The number of carbonyl (C=O) groups is 2. The number of allylic oxidation sites excluding steroid dienone is 2. The van der Waals surface area contributed by atoms with Gasteiger partial charge in [0.25, 0.3) is 0 Å². The minimum atomic E-state index is -1.37. The lowest BCUT2D eigenvalue weighted by atomic mass is 10.1. The summed E-state index contributed by atoms with van der Waals surface area (Å²) in [4.78, 5) is 19.3. The molecule has 0 spiro atoms. The molecule has 0 rings (SSSR count). The third-order valence-electron chi connectivity index (χ3n) is 3.33. The molecule has 0 aliphatic carbocycles. The maximum atomic E-state index is 9.65. The van der Waals surface area contributed by atoms with E-state index >= 15 is 0 Å². The Hall–Kier alpha value is -1.66. The Labute approximate surface area is 145 Å². The van der Waals surface area contributed by atoms with Gasteiger partial charge in [-0.2, -0.15) is 0 Å². The van der Waals surface area contributed by atoms with Crippen molar-refractivity contribution in [2.75, 3.05) is 13.1 Å². The fraction of sp³-hybridized carbons (Fsp3) is 0.667. The van der Waals surface area contributed by atoms with E-state index in [-0.39, 0.29) is 0 Å². The Morgan fingerprint density at radius 2 is 0.833 bits per heavy atom. The van der Waals surface area contributed by atoms with Crippen LogP contribution >= 0.6 is 0 Å². The highest BCUT2D eigenvalue weighted by Gasteiger charge is 1.92. The van der Waals surface area contributed by atoms with Gasteiger partial charge in [0.05, 0.1) is 25.0 Å². The van der Waals surface area contributed by atoms with Crippen molar-refractivity contribution in [1.82, 2.24) is 0 Å². The number of hydrogen-bond donors (Lipinski definition) is 2. The lowest BCUT2D eigenvalue weighted by Crippen LogP contribution is -2.50. The van der Waals surface area contributed by atoms with E-state index in [1.807, 2.05) is 0 Å². The van der Waals surface area contributed by atoms with Gasteiger partial charge in [-0.1, -0.05) is 50.7 Å². The van der Waals surface area contributed by atoms with Gasteiger partial charge in [-0.15, -0.1) is 0 Å². The number of quaternary nitrogens is 2. The van der Waals surface area contributed by atoms with Crippen LogP contribution in [-0.2, 0) is 9.59 Å². The van der Waals surface area contributed by atoms with Crippen molar-refractivity contribution in [3.8, 4) is 0 Å². The predicted octanol–water partition coefficient (Wildman–Crippen LogP) is -1.03. The zero-order valence-electron chi connectivity index (χ0n) is 14.8. The fourth-order valence-corrected chi connectivity index (χ4v) is 2.04. The number of unbranched alkanes of at least 4 members (excludes halogenated alkanes) is 9. The molecule has 0 atom stereocenters. The first-order chi connectivity index (χ1) is 11.5. The molecule has 0 unspecified atom stereocenters. The van der Waals surface area contributed by atoms with Gasteiger partial charge in [0.2, 0.25) is 0 Å². The average Bonchev–Trinajstić information content (AvgIpc) is 2.54. The average molecular weight is 342 g/mol. The molecule has 140 valence electrons. The molecule has 0 fully saturated rings. The van der Waals surface area contributed by atoms with E-state index < -0.39 is 11.9 Å². The molecular formula is C18H34N2O4. The topological polar surface area (TPSA) is 136 Å². The zero-order valence-corrected chi connectivity index (χ0v) is 14.8. The maximum Gasteiger partial charge on any atom is 0.0739 e. The second kappa shape index (κ2) is 21.3. The first kappa shape index (κ1) is 24.6. The molecular weight excluding hydrogens is 308 g/mol. The quantitative estimate of drug-likeness (QED) is 0.237. The van der Waals surface area contributed by atoms with E-state index in [0.717, 1.165) is 25.2 Å². The van der Waals surface area contributed by atoms with Crippen molar-refractivity contribution in [3.63, 3.8) is 0 Å². The molecule has 0 saturated heterocycles. The fourth-order valence-electron chi connectivity index (χ4n) is 2.04. The number of carboxylic acid groups (broad SMARTS) is 2. The van der Waals surface area contributed by atoms with Crippen LogP contribution in [0.25, 0.3) is 0 Å². The first-order valence-electron chi connectivity index (χ1n) is 8.89. The van der Waals surface area contributed by atoms with Crippen molar-refractivity contribution in [3.05, 3.63) is 24.3 Å². The highest BCUT2D eigenvalue weighted by Crippen LogP contribution is 2.09. The minimum Gasteiger partial charge on any atom is -0.545 e.